The summed E-state index contributed by atoms with van der Waals surface area (Å²) in [7, 11) is 0. The van der Waals surface area contributed by atoms with Crippen LogP contribution < -0.4 is 5.32 Å². The van der Waals surface area contributed by atoms with E-state index in [0.29, 0.717) is 0 Å². The Morgan fingerprint density at radius 2 is 2.15 bits per heavy atom. The maximum absolute atomic E-state index is 12.8. The Morgan fingerprint density at radius 3 is 2.90 bits per heavy atom. The van der Waals surface area contributed by atoms with E-state index in [-0.39, 0.29) is 5.91 Å². The van der Waals surface area contributed by atoms with Crippen LogP contribution in [0.25, 0.3) is 0 Å². The van der Waals surface area contributed by atoms with Crippen LogP contribution in [0.5, 0.6) is 0 Å². The highest BCUT2D eigenvalue weighted by Gasteiger charge is 2.21. The highest BCUT2D eigenvalue weighted by Crippen LogP contribution is 2.22. The minimum absolute atomic E-state index is 0.176. The second-order valence-electron chi connectivity index (χ2n) is 5.91. The predicted molar refractivity (Wildman–Crippen MR) is 84.3 cm³/mol. The highest BCUT2D eigenvalue weighted by molar-refractivity contribution is 5.99. The minimum Gasteiger partial charge on any atom is -0.385 e. The van der Waals surface area contributed by atoms with Gasteiger partial charge in [0, 0.05) is 25.3 Å². The van der Waals surface area contributed by atoms with Gasteiger partial charge in [-0.3, -0.25) is 4.79 Å². The summed E-state index contributed by atoms with van der Waals surface area (Å²) in [5.41, 5.74) is 2.96. The van der Waals surface area contributed by atoms with E-state index < -0.39 is 0 Å². The molecule has 20 heavy (non-hydrogen) atoms. The van der Waals surface area contributed by atoms with Gasteiger partial charge in [0.2, 0.25) is 0 Å². The van der Waals surface area contributed by atoms with Crippen molar-refractivity contribution in [2.24, 2.45) is 5.92 Å². The highest BCUT2D eigenvalue weighted by atomic mass is 16.2. The van der Waals surface area contributed by atoms with E-state index in [1.165, 1.54) is 12.0 Å². The molecule has 0 bridgehead atoms. The van der Waals surface area contributed by atoms with E-state index in [1.54, 1.807) is 0 Å². The number of nitrogens with one attached hydrogen (secondary N) is 1. The number of likely N-dealkylation sites (tertiary alicyclic amines) is 1. The van der Waals surface area contributed by atoms with Crippen LogP contribution in [-0.2, 0) is 0 Å². The molecule has 0 aromatic heterocycles. The van der Waals surface area contributed by atoms with Gasteiger partial charge in [-0.15, -0.1) is 0 Å². The number of rotatable bonds is 3. The summed E-state index contributed by atoms with van der Waals surface area (Å²) in [4.78, 5) is 14.8. The molecule has 0 spiro atoms. The molecule has 1 aliphatic heterocycles. The molecule has 1 saturated heterocycles. The summed E-state index contributed by atoms with van der Waals surface area (Å²) in [6, 6.07) is 6.05. The fourth-order valence-electron chi connectivity index (χ4n) is 2.82. The number of hydrogen-bond donors (Lipinski definition) is 1. The summed E-state index contributed by atoms with van der Waals surface area (Å²) in [5.74, 6) is 0.911. The van der Waals surface area contributed by atoms with Crippen LogP contribution >= 0.6 is 0 Å². The van der Waals surface area contributed by atoms with Crippen LogP contribution in [0.4, 0.5) is 5.69 Å². The quantitative estimate of drug-likeness (QED) is 0.911. The van der Waals surface area contributed by atoms with Crippen LogP contribution in [0.1, 0.15) is 49.0 Å². The monoisotopic (exact) mass is 274 g/mol. The Balaban J connectivity index is 2.19. The number of amides is 1. The van der Waals surface area contributed by atoms with Crippen LogP contribution in [0.2, 0.25) is 0 Å². The SMILES string of the molecule is CCNc1cc(C)ccc1C(=O)N1CCCC(C)CC1. The van der Waals surface area contributed by atoms with E-state index in [9.17, 15) is 4.79 Å². The molecule has 3 heteroatoms. The second-order valence-corrected chi connectivity index (χ2v) is 5.91. The zero-order valence-electron chi connectivity index (χ0n) is 12.9. The van der Waals surface area contributed by atoms with Crippen molar-refractivity contribution in [3.8, 4) is 0 Å². The number of hydrogen-bond acceptors (Lipinski definition) is 2. The Kier molecular flexibility index (Phi) is 5.05. The van der Waals surface area contributed by atoms with Gasteiger partial charge in [-0.25, -0.2) is 0 Å². The maximum Gasteiger partial charge on any atom is 0.255 e. The summed E-state index contributed by atoms with van der Waals surface area (Å²) in [5, 5.41) is 3.31. The number of carbonyl (C=O) groups excluding carboxylic acids is 1. The lowest BCUT2D eigenvalue weighted by Gasteiger charge is -2.22. The Bertz CT molecular complexity index is 470. The first kappa shape index (κ1) is 14.9. The van der Waals surface area contributed by atoms with Crippen LogP contribution in [0, 0.1) is 12.8 Å². The summed E-state index contributed by atoms with van der Waals surface area (Å²) >= 11 is 0. The minimum atomic E-state index is 0.176. The van der Waals surface area contributed by atoms with Gasteiger partial charge in [0.05, 0.1) is 5.56 Å². The van der Waals surface area contributed by atoms with Crippen molar-refractivity contribution in [1.29, 1.82) is 0 Å². The Labute approximate surface area is 122 Å². The topological polar surface area (TPSA) is 32.3 Å². The van der Waals surface area contributed by atoms with Crippen molar-refractivity contribution in [3.05, 3.63) is 29.3 Å². The van der Waals surface area contributed by atoms with Gasteiger partial charge in [-0.05, 0) is 56.7 Å². The van der Waals surface area contributed by atoms with E-state index in [2.05, 4.69) is 32.2 Å². The average molecular weight is 274 g/mol. The van der Waals surface area contributed by atoms with Crippen molar-refractivity contribution >= 4 is 11.6 Å². The molecule has 1 aromatic rings. The molecule has 0 saturated carbocycles. The van der Waals surface area contributed by atoms with Gasteiger partial charge in [-0.2, -0.15) is 0 Å². The van der Waals surface area contributed by atoms with Gasteiger partial charge >= 0.3 is 0 Å². The first-order valence-electron chi connectivity index (χ1n) is 7.75. The molecule has 1 fully saturated rings. The standard InChI is InChI=1S/C17H26N2O/c1-4-18-16-12-14(3)7-8-15(16)17(20)19-10-5-6-13(2)9-11-19/h7-8,12-13,18H,4-6,9-11H2,1-3H3. The second kappa shape index (κ2) is 6.78. The first-order valence-corrected chi connectivity index (χ1v) is 7.75. The van der Waals surface area contributed by atoms with Crippen LogP contribution in [0.15, 0.2) is 18.2 Å². The molecule has 1 aromatic carbocycles. The molecule has 1 unspecified atom stereocenters. The Morgan fingerprint density at radius 1 is 1.35 bits per heavy atom. The number of benzene rings is 1. The van der Waals surface area contributed by atoms with Crippen molar-refractivity contribution in [3.63, 3.8) is 0 Å². The zero-order chi connectivity index (χ0) is 14.5. The molecule has 1 aliphatic rings. The van der Waals surface area contributed by atoms with Gasteiger partial charge in [-0.1, -0.05) is 13.0 Å². The predicted octanol–water partition coefficient (Wildman–Crippen LogP) is 3.69. The first-order chi connectivity index (χ1) is 9.61. The number of aryl methyl sites for hydroxylation is 1. The largest absolute Gasteiger partial charge is 0.385 e. The molecule has 2 rings (SSSR count). The van der Waals surface area contributed by atoms with Crippen LogP contribution in [-0.4, -0.2) is 30.4 Å². The van der Waals surface area contributed by atoms with Gasteiger partial charge in [0.25, 0.3) is 5.91 Å². The summed E-state index contributed by atoms with van der Waals surface area (Å²) in [6.07, 6.45) is 3.47. The molecule has 1 atom stereocenters. The molecule has 1 amide bonds. The number of carbonyl (C=O) groups is 1. The lowest BCUT2D eigenvalue weighted by atomic mass is 10.0. The van der Waals surface area contributed by atoms with E-state index in [0.717, 1.165) is 49.6 Å². The summed E-state index contributed by atoms with van der Waals surface area (Å²) in [6.45, 7) is 9.01. The van der Waals surface area contributed by atoms with Crippen molar-refractivity contribution in [2.45, 2.75) is 40.0 Å². The number of anilines is 1. The van der Waals surface area contributed by atoms with Crippen molar-refractivity contribution < 1.29 is 4.79 Å². The lowest BCUT2D eigenvalue weighted by Crippen LogP contribution is -2.32. The van der Waals surface area contributed by atoms with E-state index in [4.69, 9.17) is 0 Å². The van der Waals surface area contributed by atoms with Gasteiger partial charge < -0.3 is 10.2 Å². The molecule has 1 N–H and O–H groups in total. The number of nitrogens with zero attached hydrogens (tertiary/aromatic N) is 1. The third-order valence-electron chi connectivity index (χ3n) is 4.08. The molecule has 0 aliphatic carbocycles. The van der Waals surface area contributed by atoms with Gasteiger partial charge in [0.15, 0.2) is 0 Å². The molecular formula is C17H26N2O. The third kappa shape index (κ3) is 3.53. The molecule has 110 valence electrons. The lowest BCUT2D eigenvalue weighted by molar-refractivity contribution is 0.0761. The zero-order valence-corrected chi connectivity index (χ0v) is 12.9. The molecule has 1 heterocycles. The normalized spacial score (nSPS) is 19.6. The van der Waals surface area contributed by atoms with Gasteiger partial charge in [0.1, 0.15) is 0 Å². The maximum atomic E-state index is 12.8. The summed E-state index contributed by atoms with van der Waals surface area (Å²) < 4.78 is 0. The molecule has 0 radical (unpaired) electrons. The van der Waals surface area contributed by atoms with Crippen molar-refractivity contribution in [1.82, 2.24) is 4.90 Å². The van der Waals surface area contributed by atoms with E-state index in [1.807, 2.05) is 17.0 Å². The third-order valence-corrected chi connectivity index (χ3v) is 4.08. The van der Waals surface area contributed by atoms with Crippen molar-refractivity contribution in [2.75, 3.05) is 25.0 Å². The molecule has 3 nitrogen and oxygen atoms in total. The molecular weight excluding hydrogens is 248 g/mol. The average Bonchev–Trinajstić information content (AvgIpc) is 2.63. The Hall–Kier alpha value is -1.51. The smallest absolute Gasteiger partial charge is 0.255 e. The van der Waals surface area contributed by atoms with Crippen LogP contribution in [0.3, 0.4) is 0 Å². The van der Waals surface area contributed by atoms with E-state index >= 15 is 0 Å². The fourth-order valence-corrected chi connectivity index (χ4v) is 2.82. The fraction of sp³-hybridized carbons (Fsp3) is 0.588.